The first-order chi connectivity index (χ1) is 8.60. The minimum absolute atomic E-state index is 0.331. The van der Waals surface area contributed by atoms with Crippen LogP contribution in [0.15, 0.2) is 28.9 Å². The van der Waals surface area contributed by atoms with Crippen molar-refractivity contribution in [3.05, 3.63) is 39.5 Å². The highest BCUT2D eigenvalue weighted by atomic mass is 79.9. The van der Waals surface area contributed by atoms with Gasteiger partial charge in [-0.05, 0) is 24.6 Å². The quantitative estimate of drug-likeness (QED) is 0.924. The molecule has 0 aliphatic heterocycles. The summed E-state index contributed by atoms with van der Waals surface area (Å²) in [4.78, 5) is 8.16. The van der Waals surface area contributed by atoms with Gasteiger partial charge in [0.25, 0.3) is 0 Å². The summed E-state index contributed by atoms with van der Waals surface area (Å²) in [5.74, 6) is 1.49. The van der Waals surface area contributed by atoms with Gasteiger partial charge in [0.05, 0.1) is 6.20 Å². The summed E-state index contributed by atoms with van der Waals surface area (Å²) in [6.07, 6.45) is 1.50. The maximum atomic E-state index is 6.01. The van der Waals surface area contributed by atoms with Gasteiger partial charge in [0.2, 0.25) is 11.8 Å². The molecule has 0 bridgehead atoms. The number of nitrogens with zero attached hydrogens (tertiary/aromatic N) is 2. The number of benzene rings is 1. The number of hydrogen-bond donors (Lipinski definition) is 1. The molecule has 18 heavy (non-hydrogen) atoms. The predicted molar refractivity (Wildman–Crippen MR) is 75.5 cm³/mol. The number of nitrogens with one attached hydrogen (secondary N) is 1. The molecule has 6 heteroatoms. The molecule has 94 valence electrons. The average molecular weight is 329 g/mol. The molecule has 2 aromatic rings. The van der Waals surface area contributed by atoms with Crippen LogP contribution in [0, 0.1) is 6.92 Å². The molecule has 0 amide bonds. The van der Waals surface area contributed by atoms with Gasteiger partial charge in [-0.15, -0.1) is 0 Å². The Morgan fingerprint density at radius 1 is 1.39 bits per heavy atom. The monoisotopic (exact) mass is 327 g/mol. The lowest BCUT2D eigenvalue weighted by atomic mass is 10.2. The smallest absolute Gasteiger partial charge is 0.243 e. The number of aromatic nitrogens is 2. The van der Waals surface area contributed by atoms with E-state index in [1.807, 2.05) is 25.1 Å². The molecule has 0 radical (unpaired) electrons. The lowest BCUT2D eigenvalue weighted by Gasteiger charge is -2.10. The van der Waals surface area contributed by atoms with Gasteiger partial charge in [-0.1, -0.05) is 33.6 Å². The van der Waals surface area contributed by atoms with E-state index < -0.39 is 0 Å². The van der Waals surface area contributed by atoms with E-state index in [0.29, 0.717) is 22.6 Å². The van der Waals surface area contributed by atoms with Crippen LogP contribution in [0.3, 0.4) is 0 Å². The van der Waals surface area contributed by atoms with Gasteiger partial charge < -0.3 is 10.1 Å². The van der Waals surface area contributed by atoms with E-state index in [4.69, 9.17) is 16.3 Å². The summed E-state index contributed by atoms with van der Waals surface area (Å²) < 4.78 is 6.64. The van der Waals surface area contributed by atoms with E-state index in [1.165, 1.54) is 6.20 Å². The van der Waals surface area contributed by atoms with Crippen molar-refractivity contribution in [2.75, 3.05) is 12.4 Å². The average Bonchev–Trinajstić information content (AvgIpc) is 2.36. The van der Waals surface area contributed by atoms with E-state index >= 15 is 0 Å². The predicted octanol–water partition coefficient (Wildman–Crippen LogP) is 4.03. The first kappa shape index (κ1) is 13.1. The minimum atomic E-state index is 0.331. The second-order valence-electron chi connectivity index (χ2n) is 3.61. The zero-order valence-electron chi connectivity index (χ0n) is 9.87. The molecule has 0 spiro atoms. The van der Waals surface area contributed by atoms with E-state index in [2.05, 4.69) is 31.2 Å². The molecule has 0 aliphatic rings. The summed E-state index contributed by atoms with van der Waals surface area (Å²) in [5, 5.41) is 3.21. The third kappa shape index (κ3) is 2.91. The van der Waals surface area contributed by atoms with Crippen LogP contribution in [-0.4, -0.2) is 17.0 Å². The summed E-state index contributed by atoms with van der Waals surface area (Å²) in [5.41, 5.74) is 0.999. The molecule has 4 nitrogen and oxygen atoms in total. The molecular weight excluding hydrogens is 318 g/mol. The van der Waals surface area contributed by atoms with Crippen LogP contribution in [0.5, 0.6) is 11.6 Å². The van der Waals surface area contributed by atoms with Gasteiger partial charge in [-0.2, -0.15) is 4.98 Å². The van der Waals surface area contributed by atoms with Crippen LogP contribution in [0.4, 0.5) is 5.95 Å². The fraction of sp³-hybridized carbons (Fsp3) is 0.167. The molecule has 0 fully saturated rings. The van der Waals surface area contributed by atoms with Crippen molar-refractivity contribution in [1.29, 1.82) is 0 Å². The second-order valence-corrected chi connectivity index (χ2v) is 4.93. The Morgan fingerprint density at radius 3 is 2.89 bits per heavy atom. The summed E-state index contributed by atoms with van der Waals surface area (Å²) in [6, 6.07) is 5.77. The first-order valence-corrected chi connectivity index (χ1v) is 6.41. The fourth-order valence-electron chi connectivity index (χ4n) is 1.33. The Hall–Kier alpha value is -1.33. The lowest BCUT2D eigenvalue weighted by Crippen LogP contribution is -1.99. The Balaban J connectivity index is 2.36. The molecule has 1 N–H and O–H groups in total. The first-order valence-electron chi connectivity index (χ1n) is 5.24. The number of aryl methyl sites for hydroxylation is 1. The number of anilines is 1. The van der Waals surface area contributed by atoms with Crippen molar-refractivity contribution in [3.8, 4) is 11.6 Å². The molecular formula is C12H11BrClN3O. The highest BCUT2D eigenvalue weighted by molar-refractivity contribution is 9.10. The normalized spacial score (nSPS) is 10.2. The van der Waals surface area contributed by atoms with Crippen molar-refractivity contribution < 1.29 is 4.74 Å². The number of rotatable bonds is 3. The lowest BCUT2D eigenvalue weighted by molar-refractivity contribution is 0.459. The van der Waals surface area contributed by atoms with Crippen molar-refractivity contribution in [1.82, 2.24) is 9.97 Å². The number of halogens is 2. The molecule has 0 aliphatic carbocycles. The van der Waals surface area contributed by atoms with Crippen molar-refractivity contribution >= 4 is 33.5 Å². The van der Waals surface area contributed by atoms with Crippen LogP contribution in [0.25, 0.3) is 0 Å². The SMILES string of the molecule is CNc1ncc(Cl)c(Oc2cc(Br)ccc2C)n1. The molecule has 0 saturated heterocycles. The van der Waals surface area contributed by atoms with E-state index in [-0.39, 0.29) is 0 Å². The van der Waals surface area contributed by atoms with Crippen molar-refractivity contribution in [2.24, 2.45) is 0 Å². The highest BCUT2D eigenvalue weighted by Crippen LogP contribution is 2.31. The maximum absolute atomic E-state index is 6.01. The molecule has 0 atom stereocenters. The Labute approximate surface area is 118 Å². The molecule has 1 aromatic heterocycles. The Morgan fingerprint density at radius 2 is 2.17 bits per heavy atom. The minimum Gasteiger partial charge on any atom is -0.437 e. The zero-order chi connectivity index (χ0) is 13.1. The standard InChI is InChI=1S/C12H11BrClN3O/c1-7-3-4-8(13)5-10(7)18-11-9(14)6-16-12(15-2)17-11/h3-6H,1-2H3,(H,15,16,17). The summed E-state index contributed by atoms with van der Waals surface area (Å²) in [7, 11) is 1.73. The van der Waals surface area contributed by atoms with Crippen LogP contribution in [0.2, 0.25) is 5.02 Å². The van der Waals surface area contributed by atoms with E-state index in [1.54, 1.807) is 7.05 Å². The van der Waals surface area contributed by atoms with Crippen molar-refractivity contribution in [3.63, 3.8) is 0 Å². The van der Waals surface area contributed by atoms with Gasteiger partial charge in [-0.25, -0.2) is 4.98 Å². The zero-order valence-corrected chi connectivity index (χ0v) is 12.2. The van der Waals surface area contributed by atoms with Gasteiger partial charge >= 0.3 is 0 Å². The Kier molecular flexibility index (Phi) is 4.04. The number of ether oxygens (including phenoxy) is 1. The van der Waals surface area contributed by atoms with Crippen LogP contribution < -0.4 is 10.1 Å². The van der Waals surface area contributed by atoms with Crippen LogP contribution in [-0.2, 0) is 0 Å². The van der Waals surface area contributed by atoms with E-state index in [9.17, 15) is 0 Å². The van der Waals surface area contributed by atoms with Crippen LogP contribution in [0.1, 0.15) is 5.56 Å². The van der Waals surface area contributed by atoms with E-state index in [0.717, 1.165) is 10.0 Å². The molecule has 2 rings (SSSR count). The summed E-state index contributed by atoms with van der Waals surface area (Å²) >= 11 is 9.40. The second kappa shape index (κ2) is 5.54. The van der Waals surface area contributed by atoms with Gasteiger partial charge in [0.1, 0.15) is 10.8 Å². The number of hydrogen-bond acceptors (Lipinski definition) is 4. The highest BCUT2D eigenvalue weighted by Gasteiger charge is 2.09. The molecule has 1 aromatic carbocycles. The third-order valence-electron chi connectivity index (χ3n) is 2.29. The van der Waals surface area contributed by atoms with Gasteiger partial charge in [-0.3, -0.25) is 0 Å². The van der Waals surface area contributed by atoms with Crippen molar-refractivity contribution in [2.45, 2.75) is 6.92 Å². The maximum Gasteiger partial charge on any atom is 0.243 e. The van der Waals surface area contributed by atoms with Gasteiger partial charge in [0.15, 0.2) is 0 Å². The molecule has 0 unspecified atom stereocenters. The Bertz CT molecular complexity index is 577. The third-order valence-corrected chi connectivity index (χ3v) is 3.04. The largest absolute Gasteiger partial charge is 0.437 e. The molecule has 0 saturated carbocycles. The topological polar surface area (TPSA) is 47.0 Å². The van der Waals surface area contributed by atoms with Gasteiger partial charge in [0, 0.05) is 11.5 Å². The fourth-order valence-corrected chi connectivity index (χ4v) is 1.80. The molecule has 1 heterocycles. The van der Waals surface area contributed by atoms with Crippen LogP contribution >= 0.6 is 27.5 Å². The summed E-state index contributed by atoms with van der Waals surface area (Å²) in [6.45, 7) is 1.95.